The van der Waals surface area contributed by atoms with E-state index in [0.717, 1.165) is 50.6 Å². The van der Waals surface area contributed by atoms with Gasteiger partial charge in [0.15, 0.2) is 0 Å². The highest BCUT2D eigenvalue weighted by atomic mass is 19.3. The van der Waals surface area contributed by atoms with E-state index in [2.05, 4.69) is 15.5 Å². The first-order chi connectivity index (χ1) is 13.6. The van der Waals surface area contributed by atoms with Crippen LogP contribution in [-0.4, -0.2) is 48.4 Å². The van der Waals surface area contributed by atoms with E-state index in [0.29, 0.717) is 13.1 Å². The van der Waals surface area contributed by atoms with Gasteiger partial charge in [0.2, 0.25) is 5.91 Å². The van der Waals surface area contributed by atoms with Crippen molar-refractivity contribution in [3.8, 4) is 0 Å². The van der Waals surface area contributed by atoms with Gasteiger partial charge in [-0.05, 0) is 70.3 Å². The van der Waals surface area contributed by atoms with Gasteiger partial charge in [-0.1, -0.05) is 6.92 Å². The highest BCUT2D eigenvalue weighted by Gasteiger charge is 2.24. The summed E-state index contributed by atoms with van der Waals surface area (Å²) >= 11 is 0. The standard InChI is InChI=1S/C21H30F3N3O2/c1-4-21(2,3)26-18(28)13-27-7-5-14(6-8-27)12-25-20(29)16-9-15(19(23)24)10-17(22)11-16/h9-11,14,19H,4-8,12-13H2,1-3H3,(H,25,29)(H,26,28). The number of nitrogens with zero attached hydrogens (tertiary/aromatic N) is 1. The van der Waals surface area contributed by atoms with Gasteiger partial charge in [0.1, 0.15) is 5.82 Å². The number of rotatable bonds is 8. The zero-order valence-corrected chi connectivity index (χ0v) is 17.2. The molecule has 29 heavy (non-hydrogen) atoms. The lowest BCUT2D eigenvalue weighted by atomic mass is 9.96. The Morgan fingerprint density at radius 3 is 2.45 bits per heavy atom. The SMILES string of the molecule is CCC(C)(C)NC(=O)CN1CCC(CNC(=O)c2cc(F)cc(C(F)F)c2)CC1. The Morgan fingerprint density at radius 2 is 1.86 bits per heavy atom. The van der Waals surface area contributed by atoms with Gasteiger partial charge < -0.3 is 10.6 Å². The molecule has 2 N–H and O–H groups in total. The number of halogens is 3. The van der Waals surface area contributed by atoms with Gasteiger partial charge in [-0.2, -0.15) is 0 Å². The smallest absolute Gasteiger partial charge is 0.263 e. The van der Waals surface area contributed by atoms with Crippen molar-refractivity contribution in [2.75, 3.05) is 26.2 Å². The van der Waals surface area contributed by atoms with Crippen LogP contribution in [0.15, 0.2) is 18.2 Å². The van der Waals surface area contributed by atoms with Crippen molar-refractivity contribution >= 4 is 11.8 Å². The minimum absolute atomic E-state index is 0.00420. The fourth-order valence-electron chi connectivity index (χ4n) is 3.27. The van der Waals surface area contributed by atoms with Crippen LogP contribution in [0.25, 0.3) is 0 Å². The van der Waals surface area contributed by atoms with E-state index in [1.807, 2.05) is 20.8 Å². The molecule has 1 aliphatic rings. The van der Waals surface area contributed by atoms with E-state index in [9.17, 15) is 22.8 Å². The number of hydrogen-bond acceptors (Lipinski definition) is 3. The summed E-state index contributed by atoms with van der Waals surface area (Å²) in [6, 6.07) is 2.71. The molecule has 0 aliphatic carbocycles. The van der Waals surface area contributed by atoms with Crippen molar-refractivity contribution in [2.45, 2.75) is 52.0 Å². The number of carbonyl (C=O) groups is 2. The fraction of sp³-hybridized carbons (Fsp3) is 0.619. The van der Waals surface area contributed by atoms with E-state index in [-0.39, 0.29) is 22.9 Å². The van der Waals surface area contributed by atoms with Crippen molar-refractivity contribution < 1.29 is 22.8 Å². The van der Waals surface area contributed by atoms with E-state index in [1.165, 1.54) is 0 Å². The van der Waals surface area contributed by atoms with Crippen LogP contribution < -0.4 is 10.6 Å². The lowest BCUT2D eigenvalue weighted by molar-refractivity contribution is -0.124. The largest absolute Gasteiger partial charge is 0.352 e. The van der Waals surface area contributed by atoms with E-state index < -0.39 is 23.7 Å². The molecule has 1 aromatic rings. The molecule has 1 fully saturated rings. The summed E-state index contributed by atoms with van der Waals surface area (Å²) in [6.07, 6.45) is -0.349. The molecule has 0 aromatic heterocycles. The molecule has 0 radical (unpaired) electrons. The fourth-order valence-corrected chi connectivity index (χ4v) is 3.27. The molecule has 0 bridgehead atoms. The van der Waals surface area contributed by atoms with Crippen LogP contribution in [0.3, 0.4) is 0 Å². The first-order valence-corrected chi connectivity index (χ1v) is 10.00. The van der Waals surface area contributed by atoms with Gasteiger partial charge in [-0.25, -0.2) is 13.2 Å². The van der Waals surface area contributed by atoms with E-state index in [4.69, 9.17) is 0 Å². The molecule has 1 aliphatic heterocycles. The topological polar surface area (TPSA) is 61.4 Å². The third-order valence-corrected chi connectivity index (χ3v) is 5.42. The maximum atomic E-state index is 13.5. The molecule has 1 heterocycles. The molecular formula is C21H30F3N3O2. The Bertz CT molecular complexity index is 717. The van der Waals surface area contributed by atoms with Crippen molar-refractivity contribution in [2.24, 2.45) is 5.92 Å². The van der Waals surface area contributed by atoms with E-state index in [1.54, 1.807) is 0 Å². The summed E-state index contributed by atoms with van der Waals surface area (Å²) in [4.78, 5) is 26.4. The number of likely N-dealkylation sites (tertiary alicyclic amines) is 1. The predicted octanol–water partition coefficient (Wildman–Crippen LogP) is 3.51. The molecule has 8 heteroatoms. The monoisotopic (exact) mass is 413 g/mol. The Hall–Kier alpha value is -2.09. The van der Waals surface area contributed by atoms with Crippen LogP contribution in [0.4, 0.5) is 13.2 Å². The molecule has 0 atom stereocenters. The summed E-state index contributed by atoms with van der Waals surface area (Å²) in [5.41, 5.74) is -0.832. The Labute approximate surface area is 170 Å². The highest BCUT2D eigenvalue weighted by Crippen LogP contribution is 2.21. The zero-order valence-electron chi connectivity index (χ0n) is 17.2. The number of carbonyl (C=O) groups excluding carboxylic acids is 2. The quantitative estimate of drug-likeness (QED) is 0.686. The summed E-state index contributed by atoms with van der Waals surface area (Å²) in [6.45, 7) is 8.24. The number of benzene rings is 1. The first kappa shape index (κ1) is 23.2. The second-order valence-electron chi connectivity index (χ2n) is 8.29. The average Bonchev–Trinajstić information content (AvgIpc) is 2.66. The second kappa shape index (κ2) is 10.1. The number of amides is 2. The summed E-state index contributed by atoms with van der Waals surface area (Å²) < 4.78 is 39.0. The average molecular weight is 413 g/mol. The minimum Gasteiger partial charge on any atom is -0.352 e. The second-order valence-corrected chi connectivity index (χ2v) is 8.29. The van der Waals surface area contributed by atoms with Crippen LogP contribution in [0.1, 0.15) is 62.4 Å². The molecule has 0 saturated carbocycles. The molecule has 5 nitrogen and oxygen atoms in total. The third-order valence-electron chi connectivity index (χ3n) is 5.42. The molecule has 0 unspecified atom stereocenters. The third kappa shape index (κ3) is 7.34. The zero-order chi connectivity index (χ0) is 21.6. The molecule has 162 valence electrons. The van der Waals surface area contributed by atoms with Crippen LogP contribution in [0.2, 0.25) is 0 Å². The maximum Gasteiger partial charge on any atom is 0.263 e. The summed E-state index contributed by atoms with van der Waals surface area (Å²) in [5, 5.41) is 5.73. The molecule has 0 spiro atoms. The van der Waals surface area contributed by atoms with Crippen molar-refractivity contribution in [3.05, 3.63) is 35.1 Å². The number of nitrogens with one attached hydrogen (secondary N) is 2. The van der Waals surface area contributed by atoms with Gasteiger partial charge in [-0.3, -0.25) is 14.5 Å². The number of alkyl halides is 2. The lowest BCUT2D eigenvalue weighted by Gasteiger charge is -2.33. The summed E-state index contributed by atoms with van der Waals surface area (Å²) in [5.74, 6) is -1.18. The highest BCUT2D eigenvalue weighted by molar-refractivity contribution is 5.94. The van der Waals surface area contributed by atoms with Crippen LogP contribution >= 0.6 is 0 Å². The van der Waals surface area contributed by atoms with Crippen molar-refractivity contribution in [3.63, 3.8) is 0 Å². The first-order valence-electron chi connectivity index (χ1n) is 10.00. The van der Waals surface area contributed by atoms with E-state index >= 15 is 0 Å². The van der Waals surface area contributed by atoms with Crippen molar-refractivity contribution in [1.29, 1.82) is 0 Å². The van der Waals surface area contributed by atoms with Gasteiger partial charge in [0.25, 0.3) is 12.3 Å². The summed E-state index contributed by atoms with van der Waals surface area (Å²) in [7, 11) is 0. The number of hydrogen-bond donors (Lipinski definition) is 2. The van der Waals surface area contributed by atoms with Gasteiger partial charge in [0.05, 0.1) is 6.54 Å². The predicted molar refractivity (Wildman–Crippen MR) is 105 cm³/mol. The van der Waals surface area contributed by atoms with Gasteiger partial charge >= 0.3 is 0 Å². The van der Waals surface area contributed by atoms with Crippen LogP contribution in [0, 0.1) is 11.7 Å². The maximum absolute atomic E-state index is 13.5. The molecule has 1 aromatic carbocycles. The molecule has 2 amide bonds. The minimum atomic E-state index is -2.83. The van der Waals surface area contributed by atoms with Crippen LogP contribution in [0.5, 0.6) is 0 Å². The van der Waals surface area contributed by atoms with Crippen molar-refractivity contribution in [1.82, 2.24) is 15.5 Å². The van der Waals surface area contributed by atoms with Crippen LogP contribution in [-0.2, 0) is 4.79 Å². The van der Waals surface area contributed by atoms with Gasteiger partial charge in [0, 0.05) is 23.2 Å². The Morgan fingerprint density at radius 1 is 1.21 bits per heavy atom. The lowest BCUT2D eigenvalue weighted by Crippen LogP contribution is -2.49. The normalized spacial score (nSPS) is 16.1. The Kier molecular flexibility index (Phi) is 8.07. The molecule has 1 saturated heterocycles. The molecule has 2 rings (SSSR count). The van der Waals surface area contributed by atoms with Gasteiger partial charge in [-0.15, -0.1) is 0 Å². The number of piperidine rings is 1. The molecular weight excluding hydrogens is 383 g/mol. The Balaban J connectivity index is 1.77.